The molecular weight excluding hydrogens is 370 g/mol. The molecule has 0 bridgehead atoms. The van der Waals surface area contributed by atoms with Crippen LogP contribution in [0.25, 0.3) is 5.65 Å². The van der Waals surface area contributed by atoms with Gasteiger partial charge >= 0.3 is 0 Å². The Labute approximate surface area is 168 Å². The van der Waals surface area contributed by atoms with Crippen molar-refractivity contribution in [3.05, 3.63) is 42.2 Å². The molecule has 1 aromatic carbocycles. The van der Waals surface area contributed by atoms with Crippen molar-refractivity contribution >= 4 is 29.0 Å². The van der Waals surface area contributed by atoms with Crippen molar-refractivity contribution in [2.75, 3.05) is 17.7 Å². The molecule has 1 fully saturated rings. The predicted octanol–water partition coefficient (Wildman–Crippen LogP) is 2.26. The highest BCUT2D eigenvalue weighted by Gasteiger charge is 2.25. The van der Waals surface area contributed by atoms with Crippen molar-refractivity contribution in [1.29, 1.82) is 0 Å². The Morgan fingerprint density at radius 3 is 2.69 bits per heavy atom. The molecular formula is C20H25N7O2. The molecule has 29 heavy (non-hydrogen) atoms. The van der Waals surface area contributed by atoms with E-state index in [1.807, 2.05) is 24.3 Å². The molecule has 9 nitrogen and oxygen atoms in total. The molecule has 6 N–H and O–H groups in total. The number of nitrogens with zero attached hydrogens (tertiary/aromatic N) is 3. The van der Waals surface area contributed by atoms with Crippen LogP contribution in [-0.2, 0) is 0 Å². The van der Waals surface area contributed by atoms with Gasteiger partial charge in [0, 0.05) is 30.2 Å². The number of methoxy groups -OCH3 is 1. The number of nitrogens with one attached hydrogen (secondary N) is 2. The van der Waals surface area contributed by atoms with Gasteiger partial charge in [-0.05, 0) is 37.1 Å². The Hall–Kier alpha value is -3.33. The monoisotopic (exact) mass is 395 g/mol. The second kappa shape index (κ2) is 7.96. The molecule has 2 aromatic heterocycles. The van der Waals surface area contributed by atoms with E-state index in [-0.39, 0.29) is 17.6 Å². The fourth-order valence-electron chi connectivity index (χ4n) is 3.72. The first-order chi connectivity index (χ1) is 14.1. The quantitative estimate of drug-likeness (QED) is 0.503. The Bertz CT molecular complexity index is 1020. The van der Waals surface area contributed by atoms with Crippen LogP contribution in [0.2, 0.25) is 0 Å². The number of fused-ring (bicyclic) bond motifs is 1. The van der Waals surface area contributed by atoms with E-state index >= 15 is 0 Å². The van der Waals surface area contributed by atoms with Crippen LogP contribution in [0.15, 0.2) is 36.7 Å². The van der Waals surface area contributed by atoms with Crippen LogP contribution in [0.5, 0.6) is 5.75 Å². The summed E-state index contributed by atoms with van der Waals surface area (Å²) in [4.78, 5) is 21.2. The number of amides is 1. The molecule has 2 atom stereocenters. The molecule has 4 rings (SSSR count). The van der Waals surface area contributed by atoms with Gasteiger partial charge in [-0.3, -0.25) is 9.20 Å². The lowest BCUT2D eigenvalue weighted by Gasteiger charge is -2.30. The van der Waals surface area contributed by atoms with Crippen molar-refractivity contribution in [3.63, 3.8) is 0 Å². The van der Waals surface area contributed by atoms with Crippen LogP contribution < -0.4 is 26.8 Å². The normalized spacial score (nSPS) is 19.1. The second-order valence-corrected chi connectivity index (χ2v) is 7.20. The highest BCUT2D eigenvalue weighted by molar-refractivity contribution is 6.04. The summed E-state index contributed by atoms with van der Waals surface area (Å²) in [6, 6.07) is 7.48. The molecule has 0 radical (unpaired) electrons. The first-order valence-corrected chi connectivity index (χ1v) is 9.67. The molecule has 3 aromatic rings. The van der Waals surface area contributed by atoms with Gasteiger partial charge in [-0.2, -0.15) is 4.98 Å². The number of primary amides is 1. The fourth-order valence-corrected chi connectivity index (χ4v) is 3.72. The number of nitrogens with two attached hydrogens (primary N) is 2. The van der Waals surface area contributed by atoms with Crippen molar-refractivity contribution in [2.45, 2.75) is 37.8 Å². The summed E-state index contributed by atoms with van der Waals surface area (Å²) in [7, 11) is 1.61. The van der Waals surface area contributed by atoms with Gasteiger partial charge in [0.05, 0.1) is 7.11 Å². The van der Waals surface area contributed by atoms with Crippen molar-refractivity contribution in [2.24, 2.45) is 11.5 Å². The molecule has 1 aliphatic carbocycles. The Balaban J connectivity index is 1.74. The van der Waals surface area contributed by atoms with Gasteiger partial charge in [0.2, 0.25) is 5.95 Å². The van der Waals surface area contributed by atoms with Crippen LogP contribution in [0.3, 0.4) is 0 Å². The van der Waals surface area contributed by atoms with Crippen LogP contribution in [0.4, 0.5) is 17.5 Å². The molecule has 152 valence electrons. The van der Waals surface area contributed by atoms with Gasteiger partial charge in [-0.1, -0.05) is 12.8 Å². The zero-order valence-corrected chi connectivity index (χ0v) is 16.3. The van der Waals surface area contributed by atoms with Crippen LogP contribution in [-0.4, -0.2) is 39.5 Å². The summed E-state index contributed by atoms with van der Waals surface area (Å²) in [6.07, 6.45) is 7.57. The van der Waals surface area contributed by atoms with E-state index in [0.717, 1.165) is 37.1 Å². The number of hydrogen-bond acceptors (Lipinski definition) is 7. The zero-order valence-electron chi connectivity index (χ0n) is 16.3. The van der Waals surface area contributed by atoms with E-state index in [1.165, 1.54) is 0 Å². The summed E-state index contributed by atoms with van der Waals surface area (Å²) in [5.74, 6) is 1.04. The summed E-state index contributed by atoms with van der Waals surface area (Å²) in [6.45, 7) is 0. The lowest BCUT2D eigenvalue weighted by Crippen LogP contribution is -2.43. The number of imidazole rings is 1. The highest BCUT2D eigenvalue weighted by Crippen LogP contribution is 2.28. The van der Waals surface area contributed by atoms with Gasteiger partial charge in [0.1, 0.15) is 11.3 Å². The number of ether oxygens (including phenoxy) is 1. The average molecular weight is 395 g/mol. The first-order valence-electron chi connectivity index (χ1n) is 9.67. The molecule has 2 heterocycles. The molecule has 1 amide bonds. The second-order valence-electron chi connectivity index (χ2n) is 7.20. The van der Waals surface area contributed by atoms with Gasteiger partial charge in [0.25, 0.3) is 5.91 Å². The van der Waals surface area contributed by atoms with Crippen LogP contribution in [0.1, 0.15) is 36.0 Å². The van der Waals surface area contributed by atoms with E-state index in [9.17, 15) is 4.79 Å². The number of anilines is 3. The minimum absolute atomic E-state index is 0.0536. The minimum atomic E-state index is -0.606. The maximum atomic E-state index is 12.2. The highest BCUT2D eigenvalue weighted by atomic mass is 16.5. The van der Waals surface area contributed by atoms with Crippen molar-refractivity contribution in [3.8, 4) is 5.75 Å². The van der Waals surface area contributed by atoms with E-state index in [2.05, 4.69) is 20.6 Å². The maximum Gasteiger partial charge on any atom is 0.256 e. The summed E-state index contributed by atoms with van der Waals surface area (Å²) < 4.78 is 6.93. The third-order valence-corrected chi connectivity index (χ3v) is 5.28. The van der Waals surface area contributed by atoms with E-state index < -0.39 is 5.91 Å². The van der Waals surface area contributed by atoms with Crippen LogP contribution >= 0.6 is 0 Å². The van der Waals surface area contributed by atoms with Crippen molar-refractivity contribution in [1.82, 2.24) is 14.4 Å². The summed E-state index contributed by atoms with van der Waals surface area (Å²) in [5, 5.41) is 6.63. The van der Waals surface area contributed by atoms with Crippen LogP contribution in [0, 0.1) is 0 Å². The number of carbonyl (C=O) groups excluding carboxylic acids is 1. The number of carbonyl (C=O) groups is 1. The molecule has 1 saturated carbocycles. The average Bonchev–Trinajstić information content (AvgIpc) is 3.20. The molecule has 0 saturated heterocycles. The Kier molecular flexibility index (Phi) is 5.22. The smallest absolute Gasteiger partial charge is 0.256 e. The number of benzene rings is 1. The number of hydrogen-bond donors (Lipinski definition) is 4. The first kappa shape index (κ1) is 19.0. The molecule has 0 aliphatic heterocycles. The van der Waals surface area contributed by atoms with E-state index in [4.69, 9.17) is 16.2 Å². The van der Waals surface area contributed by atoms with Gasteiger partial charge < -0.3 is 26.8 Å². The predicted molar refractivity (Wildman–Crippen MR) is 112 cm³/mol. The maximum absolute atomic E-state index is 12.2. The summed E-state index contributed by atoms with van der Waals surface area (Å²) >= 11 is 0. The van der Waals surface area contributed by atoms with E-state index in [1.54, 1.807) is 23.9 Å². The lowest BCUT2D eigenvalue weighted by atomic mass is 9.91. The summed E-state index contributed by atoms with van der Waals surface area (Å²) in [5.41, 5.74) is 13.4. The van der Waals surface area contributed by atoms with Gasteiger partial charge in [-0.25, -0.2) is 4.98 Å². The SMILES string of the molecule is COc1ccc(Nc2nc(N[C@H]3CCCC[C@H]3N)n3ccnc3c2C(N)=O)cc1. The topological polar surface area (TPSA) is 133 Å². The van der Waals surface area contributed by atoms with Gasteiger partial charge in [-0.15, -0.1) is 0 Å². The molecule has 1 aliphatic rings. The molecule has 0 unspecified atom stereocenters. The third-order valence-electron chi connectivity index (χ3n) is 5.28. The Morgan fingerprint density at radius 1 is 1.24 bits per heavy atom. The van der Waals surface area contributed by atoms with Gasteiger partial charge in [0.15, 0.2) is 11.5 Å². The third kappa shape index (κ3) is 3.81. The fraction of sp³-hybridized carbons (Fsp3) is 0.350. The lowest BCUT2D eigenvalue weighted by molar-refractivity contribution is 0.100. The standard InChI is InChI=1S/C20H25N7O2/c1-29-13-8-6-12(7-9-13)24-18-16(17(22)28)19-23-10-11-27(19)20(26-18)25-15-5-3-2-4-14(15)21/h6-11,14-15,24H,2-5,21H2,1H3,(H2,22,28)(H,25,26)/t14-,15+/m1/s1. The van der Waals surface area contributed by atoms with E-state index in [0.29, 0.717) is 17.4 Å². The number of aromatic nitrogens is 3. The minimum Gasteiger partial charge on any atom is -0.497 e. The van der Waals surface area contributed by atoms with Crippen molar-refractivity contribution < 1.29 is 9.53 Å². The Morgan fingerprint density at radius 2 is 2.00 bits per heavy atom. The zero-order chi connectivity index (χ0) is 20.4. The number of rotatable bonds is 6. The molecule has 0 spiro atoms. The largest absolute Gasteiger partial charge is 0.497 e. The molecule has 9 heteroatoms.